The van der Waals surface area contributed by atoms with Crippen LogP contribution in [0.3, 0.4) is 0 Å². The Kier molecular flexibility index (Phi) is 6.41. The molecule has 0 radical (unpaired) electrons. The normalized spacial score (nSPS) is 10.0. The molecule has 0 amide bonds. The monoisotopic (exact) mass is 299 g/mol. The number of ether oxygens (including phenoxy) is 4. The summed E-state index contributed by atoms with van der Waals surface area (Å²) in [7, 11) is 2.88. The number of esters is 1. The molecule has 0 saturated carbocycles. The summed E-state index contributed by atoms with van der Waals surface area (Å²) in [5.74, 6) is -0.417. The van der Waals surface area contributed by atoms with Crippen LogP contribution in [0.15, 0.2) is 12.1 Å². The zero-order valence-corrected chi connectivity index (χ0v) is 12.1. The second-order valence-corrected chi connectivity index (χ2v) is 3.84. The molecule has 0 fully saturated rings. The molecular weight excluding hydrogens is 282 g/mol. The number of nitro groups is 1. The van der Waals surface area contributed by atoms with Crippen LogP contribution >= 0.6 is 0 Å². The number of nitro benzene ring substituents is 1. The molecule has 0 aliphatic heterocycles. The first-order chi connectivity index (χ1) is 10.0. The quantitative estimate of drug-likeness (QED) is 0.312. The Hall–Kier alpha value is -2.35. The van der Waals surface area contributed by atoms with E-state index in [0.717, 1.165) is 6.07 Å². The van der Waals surface area contributed by atoms with E-state index in [1.165, 1.54) is 20.3 Å². The molecule has 0 N–H and O–H groups in total. The molecule has 1 rings (SSSR count). The van der Waals surface area contributed by atoms with Gasteiger partial charge in [0.1, 0.15) is 12.2 Å². The van der Waals surface area contributed by atoms with E-state index in [1.54, 1.807) is 6.92 Å². The van der Waals surface area contributed by atoms with E-state index in [9.17, 15) is 14.9 Å². The van der Waals surface area contributed by atoms with Gasteiger partial charge in [0.05, 0.1) is 31.3 Å². The van der Waals surface area contributed by atoms with Crippen LogP contribution in [0.2, 0.25) is 0 Å². The van der Waals surface area contributed by atoms with Crippen molar-refractivity contribution in [1.82, 2.24) is 0 Å². The van der Waals surface area contributed by atoms with Gasteiger partial charge in [-0.05, 0) is 6.92 Å². The Morgan fingerprint density at radius 3 is 2.48 bits per heavy atom. The summed E-state index contributed by atoms with van der Waals surface area (Å²) in [4.78, 5) is 22.2. The molecule has 1 aromatic carbocycles. The van der Waals surface area contributed by atoms with Crippen molar-refractivity contribution in [2.75, 3.05) is 34.0 Å². The van der Waals surface area contributed by atoms with E-state index in [2.05, 4.69) is 0 Å². The summed E-state index contributed by atoms with van der Waals surface area (Å²) >= 11 is 0. The van der Waals surface area contributed by atoms with Gasteiger partial charge in [-0.3, -0.25) is 10.1 Å². The van der Waals surface area contributed by atoms with Crippen molar-refractivity contribution in [2.24, 2.45) is 0 Å². The fourth-order valence-corrected chi connectivity index (χ4v) is 1.58. The summed E-state index contributed by atoms with van der Waals surface area (Å²) < 4.78 is 20.1. The van der Waals surface area contributed by atoms with E-state index in [0.29, 0.717) is 6.61 Å². The van der Waals surface area contributed by atoms with Crippen LogP contribution in [0.25, 0.3) is 0 Å². The van der Waals surface area contributed by atoms with Crippen molar-refractivity contribution < 1.29 is 28.7 Å². The molecule has 0 heterocycles. The Morgan fingerprint density at radius 2 is 1.95 bits per heavy atom. The van der Waals surface area contributed by atoms with Crippen molar-refractivity contribution in [3.8, 4) is 11.5 Å². The molecule has 0 spiro atoms. The molecule has 8 heteroatoms. The van der Waals surface area contributed by atoms with E-state index in [-0.39, 0.29) is 30.3 Å². The highest BCUT2D eigenvalue weighted by Gasteiger charge is 2.25. The zero-order valence-electron chi connectivity index (χ0n) is 12.1. The Morgan fingerprint density at radius 1 is 1.24 bits per heavy atom. The largest absolute Gasteiger partial charge is 0.493 e. The number of hydrogen-bond acceptors (Lipinski definition) is 7. The lowest BCUT2D eigenvalue weighted by atomic mass is 10.1. The topological polar surface area (TPSA) is 97.1 Å². The predicted octanol–water partition coefficient (Wildman–Crippen LogP) is 1.81. The summed E-state index contributed by atoms with van der Waals surface area (Å²) in [5.41, 5.74) is -0.584. The molecule has 0 atom stereocenters. The van der Waals surface area contributed by atoms with E-state index in [1.807, 2.05) is 0 Å². The van der Waals surface area contributed by atoms with Crippen LogP contribution in [0.1, 0.15) is 17.3 Å². The second-order valence-electron chi connectivity index (χ2n) is 3.84. The van der Waals surface area contributed by atoms with Gasteiger partial charge >= 0.3 is 5.97 Å². The molecule has 116 valence electrons. The second kappa shape index (κ2) is 8.05. The number of benzene rings is 1. The highest BCUT2D eigenvalue weighted by molar-refractivity contribution is 5.95. The first kappa shape index (κ1) is 16.7. The number of rotatable bonds is 8. The molecule has 0 bridgehead atoms. The van der Waals surface area contributed by atoms with E-state index < -0.39 is 16.6 Å². The first-order valence-corrected chi connectivity index (χ1v) is 6.20. The molecule has 0 aliphatic carbocycles. The van der Waals surface area contributed by atoms with Gasteiger partial charge in [-0.1, -0.05) is 0 Å². The number of carbonyl (C=O) groups excluding carboxylic acids is 1. The van der Waals surface area contributed by atoms with Crippen LogP contribution in [0.5, 0.6) is 11.5 Å². The lowest BCUT2D eigenvalue weighted by Gasteiger charge is -2.12. The van der Waals surface area contributed by atoms with Crippen molar-refractivity contribution in [1.29, 1.82) is 0 Å². The maximum atomic E-state index is 11.8. The van der Waals surface area contributed by atoms with E-state index in [4.69, 9.17) is 18.9 Å². The lowest BCUT2D eigenvalue weighted by Crippen LogP contribution is -2.10. The molecule has 21 heavy (non-hydrogen) atoms. The van der Waals surface area contributed by atoms with Crippen LogP contribution in [-0.4, -0.2) is 44.9 Å². The molecule has 0 aliphatic rings. The predicted molar refractivity (Wildman–Crippen MR) is 73.0 cm³/mol. The minimum atomic E-state index is -0.786. The van der Waals surface area contributed by atoms with Gasteiger partial charge in [0, 0.05) is 13.2 Å². The average molecular weight is 299 g/mol. The first-order valence-electron chi connectivity index (χ1n) is 6.20. The van der Waals surface area contributed by atoms with Crippen molar-refractivity contribution in [3.05, 3.63) is 27.8 Å². The SMILES string of the molecule is CCOC(=O)c1cc(OC)c(OCCOC)cc1[N+](=O)[O-]. The van der Waals surface area contributed by atoms with Crippen LogP contribution in [0, 0.1) is 10.1 Å². The molecular formula is C13H17NO7. The molecule has 8 nitrogen and oxygen atoms in total. The average Bonchev–Trinajstić information content (AvgIpc) is 2.47. The zero-order chi connectivity index (χ0) is 15.8. The van der Waals surface area contributed by atoms with E-state index >= 15 is 0 Å². The molecule has 0 aromatic heterocycles. The summed E-state index contributed by atoms with van der Waals surface area (Å²) in [6, 6.07) is 2.37. The Bertz CT molecular complexity index is 515. The number of carbonyl (C=O) groups is 1. The number of nitrogens with zero attached hydrogens (tertiary/aromatic N) is 1. The van der Waals surface area contributed by atoms with Crippen molar-refractivity contribution in [3.63, 3.8) is 0 Å². The van der Waals surface area contributed by atoms with Gasteiger partial charge in [0.15, 0.2) is 11.5 Å². The van der Waals surface area contributed by atoms with Gasteiger partial charge < -0.3 is 18.9 Å². The summed E-state index contributed by atoms with van der Waals surface area (Å²) in [6.45, 7) is 2.24. The minimum absolute atomic E-state index is 0.115. The molecule has 0 unspecified atom stereocenters. The van der Waals surface area contributed by atoms with Gasteiger partial charge in [-0.25, -0.2) is 4.79 Å². The van der Waals surface area contributed by atoms with Crippen LogP contribution in [0.4, 0.5) is 5.69 Å². The lowest BCUT2D eigenvalue weighted by molar-refractivity contribution is -0.385. The van der Waals surface area contributed by atoms with Crippen molar-refractivity contribution in [2.45, 2.75) is 6.92 Å². The van der Waals surface area contributed by atoms with Gasteiger partial charge in [-0.2, -0.15) is 0 Å². The number of hydrogen-bond donors (Lipinski definition) is 0. The van der Waals surface area contributed by atoms with Crippen molar-refractivity contribution >= 4 is 11.7 Å². The maximum absolute atomic E-state index is 11.8. The fourth-order valence-electron chi connectivity index (χ4n) is 1.58. The maximum Gasteiger partial charge on any atom is 0.345 e. The Balaban J connectivity index is 3.20. The third kappa shape index (κ3) is 4.32. The highest BCUT2D eigenvalue weighted by Crippen LogP contribution is 2.35. The third-order valence-electron chi connectivity index (χ3n) is 2.52. The highest BCUT2D eigenvalue weighted by atomic mass is 16.6. The van der Waals surface area contributed by atoms with Crippen LogP contribution in [-0.2, 0) is 9.47 Å². The number of methoxy groups -OCH3 is 2. The standard InChI is InChI=1S/C13H17NO7/c1-4-20-13(15)9-7-11(19-3)12(21-6-5-18-2)8-10(9)14(16)17/h7-8H,4-6H2,1-3H3. The Labute approximate surface area is 121 Å². The van der Waals surface area contributed by atoms with Gasteiger partial charge in [0.2, 0.25) is 0 Å². The fraction of sp³-hybridized carbons (Fsp3) is 0.462. The van der Waals surface area contributed by atoms with Crippen LogP contribution < -0.4 is 9.47 Å². The smallest absolute Gasteiger partial charge is 0.345 e. The summed E-state index contributed by atoms with van der Waals surface area (Å²) in [5, 5.41) is 11.1. The van der Waals surface area contributed by atoms with Gasteiger partial charge in [-0.15, -0.1) is 0 Å². The molecule has 1 aromatic rings. The molecule has 0 saturated heterocycles. The third-order valence-corrected chi connectivity index (χ3v) is 2.52. The van der Waals surface area contributed by atoms with Gasteiger partial charge in [0.25, 0.3) is 5.69 Å². The minimum Gasteiger partial charge on any atom is -0.493 e. The summed E-state index contributed by atoms with van der Waals surface area (Å²) in [6.07, 6.45) is 0.